The van der Waals surface area contributed by atoms with Gasteiger partial charge in [-0.2, -0.15) is 0 Å². The number of nitrogens with one attached hydrogen (secondary N) is 1. The van der Waals surface area contributed by atoms with Crippen molar-refractivity contribution in [3.8, 4) is 0 Å². The van der Waals surface area contributed by atoms with Gasteiger partial charge >= 0.3 is 0 Å². The molecule has 0 aliphatic heterocycles. The van der Waals surface area contributed by atoms with Crippen LogP contribution in [0.25, 0.3) is 0 Å². The molecule has 22 heavy (non-hydrogen) atoms. The van der Waals surface area contributed by atoms with E-state index in [0.29, 0.717) is 12.0 Å². The molecule has 0 aliphatic carbocycles. The van der Waals surface area contributed by atoms with E-state index in [-0.39, 0.29) is 24.2 Å². The first kappa shape index (κ1) is 16.2. The maximum atomic E-state index is 13.1. The number of aliphatic hydroxyl groups is 1. The first-order valence-corrected chi connectivity index (χ1v) is 7.30. The standard InChI is InChI=1S/C18H20FNO2/c1-13(17(21)11-14-6-3-2-4-7-14)20-18(22)12-15-8-5-9-16(19)10-15/h2-10,13,17,21H,11-12H2,1H3,(H,20,22). The van der Waals surface area contributed by atoms with Crippen molar-refractivity contribution in [1.29, 1.82) is 0 Å². The van der Waals surface area contributed by atoms with Crippen LogP contribution < -0.4 is 5.32 Å². The van der Waals surface area contributed by atoms with Crippen LogP contribution in [-0.4, -0.2) is 23.2 Å². The highest BCUT2D eigenvalue weighted by Gasteiger charge is 2.17. The Kier molecular flexibility index (Phi) is 5.67. The topological polar surface area (TPSA) is 49.3 Å². The van der Waals surface area contributed by atoms with Crippen molar-refractivity contribution in [2.75, 3.05) is 0 Å². The van der Waals surface area contributed by atoms with Gasteiger partial charge in [-0.05, 0) is 30.2 Å². The van der Waals surface area contributed by atoms with Crippen molar-refractivity contribution in [3.63, 3.8) is 0 Å². The van der Waals surface area contributed by atoms with E-state index in [2.05, 4.69) is 5.32 Å². The van der Waals surface area contributed by atoms with E-state index in [1.54, 1.807) is 19.1 Å². The molecule has 0 fully saturated rings. The van der Waals surface area contributed by atoms with E-state index in [0.717, 1.165) is 5.56 Å². The summed E-state index contributed by atoms with van der Waals surface area (Å²) in [4.78, 5) is 11.9. The highest BCUT2D eigenvalue weighted by Crippen LogP contribution is 2.07. The van der Waals surface area contributed by atoms with E-state index in [1.165, 1.54) is 12.1 Å². The molecule has 2 unspecified atom stereocenters. The molecule has 0 aromatic heterocycles. The molecular formula is C18H20FNO2. The third-order valence-corrected chi connectivity index (χ3v) is 3.51. The van der Waals surface area contributed by atoms with Gasteiger partial charge in [-0.3, -0.25) is 4.79 Å². The molecule has 0 radical (unpaired) electrons. The molecule has 1 amide bonds. The van der Waals surface area contributed by atoms with Gasteiger partial charge < -0.3 is 10.4 Å². The molecule has 2 N–H and O–H groups in total. The number of rotatable bonds is 6. The van der Waals surface area contributed by atoms with E-state index in [4.69, 9.17) is 0 Å². The zero-order valence-electron chi connectivity index (χ0n) is 12.5. The minimum absolute atomic E-state index is 0.0974. The Morgan fingerprint density at radius 1 is 1.14 bits per heavy atom. The Morgan fingerprint density at radius 3 is 2.50 bits per heavy atom. The fourth-order valence-electron chi connectivity index (χ4n) is 2.27. The normalized spacial score (nSPS) is 13.4. The third kappa shape index (κ3) is 4.97. The maximum absolute atomic E-state index is 13.1. The SMILES string of the molecule is CC(NC(=O)Cc1cccc(F)c1)C(O)Cc1ccccc1. The van der Waals surface area contributed by atoms with Gasteiger partial charge in [0.1, 0.15) is 5.82 Å². The Hall–Kier alpha value is -2.20. The van der Waals surface area contributed by atoms with Crippen molar-refractivity contribution < 1.29 is 14.3 Å². The summed E-state index contributed by atoms with van der Waals surface area (Å²) in [5, 5.41) is 12.9. The van der Waals surface area contributed by atoms with Gasteiger partial charge in [0, 0.05) is 6.42 Å². The Labute approximate surface area is 129 Å². The number of hydrogen-bond donors (Lipinski definition) is 2. The summed E-state index contributed by atoms with van der Waals surface area (Å²) in [5.41, 5.74) is 1.63. The number of aliphatic hydroxyl groups excluding tert-OH is 1. The van der Waals surface area contributed by atoms with Crippen molar-refractivity contribution in [2.45, 2.75) is 31.9 Å². The first-order chi connectivity index (χ1) is 10.5. The van der Waals surface area contributed by atoms with Gasteiger partial charge in [-0.1, -0.05) is 42.5 Å². The van der Waals surface area contributed by atoms with Crippen LogP contribution in [0, 0.1) is 5.82 Å². The van der Waals surface area contributed by atoms with Crippen molar-refractivity contribution in [2.24, 2.45) is 0 Å². The summed E-state index contributed by atoms with van der Waals surface area (Å²) in [5.74, 6) is -0.590. The second-order valence-corrected chi connectivity index (χ2v) is 5.42. The lowest BCUT2D eigenvalue weighted by Gasteiger charge is -2.20. The lowest BCUT2D eigenvalue weighted by Crippen LogP contribution is -2.42. The number of amides is 1. The molecule has 0 heterocycles. The Morgan fingerprint density at radius 2 is 1.82 bits per heavy atom. The zero-order chi connectivity index (χ0) is 15.9. The molecular weight excluding hydrogens is 281 g/mol. The average Bonchev–Trinajstić information content (AvgIpc) is 2.48. The van der Waals surface area contributed by atoms with Crippen LogP contribution in [0.5, 0.6) is 0 Å². The van der Waals surface area contributed by atoms with Gasteiger partial charge in [0.05, 0.1) is 18.6 Å². The predicted octanol–water partition coefficient (Wildman–Crippen LogP) is 2.48. The van der Waals surface area contributed by atoms with Crippen molar-refractivity contribution >= 4 is 5.91 Å². The van der Waals surface area contributed by atoms with Crippen molar-refractivity contribution in [3.05, 3.63) is 71.5 Å². The largest absolute Gasteiger partial charge is 0.391 e. The molecule has 0 spiro atoms. The Balaban J connectivity index is 1.85. The second-order valence-electron chi connectivity index (χ2n) is 5.42. The molecule has 116 valence electrons. The highest BCUT2D eigenvalue weighted by atomic mass is 19.1. The molecule has 0 bridgehead atoms. The minimum Gasteiger partial charge on any atom is -0.391 e. The van der Waals surface area contributed by atoms with E-state index in [1.807, 2.05) is 30.3 Å². The van der Waals surface area contributed by atoms with Crippen LogP contribution in [0.1, 0.15) is 18.1 Å². The van der Waals surface area contributed by atoms with Crippen LogP contribution in [0.4, 0.5) is 4.39 Å². The van der Waals surface area contributed by atoms with Crippen LogP contribution in [-0.2, 0) is 17.6 Å². The second kappa shape index (κ2) is 7.71. The summed E-state index contributed by atoms with van der Waals surface area (Å²) in [7, 11) is 0. The lowest BCUT2D eigenvalue weighted by atomic mass is 10.0. The summed E-state index contributed by atoms with van der Waals surface area (Å²) < 4.78 is 13.1. The highest BCUT2D eigenvalue weighted by molar-refractivity contribution is 5.78. The van der Waals surface area contributed by atoms with E-state index < -0.39 is 6.10 Å². The summed E-state index contributed by atoms with van der Waals surface area (Å²) >= 11 is 0. The molecule has 0 saturated heterocycles. The average molecular weight is 301 g/mol. The molecule has 0 saturated carbocycles. The smallest absolute Gasteiger partial charge is 0.224 e. The first-order valence-electron chi connectivity index (χ1n) is 7.30. The monoisotopic (exact) mass is 301 g/mol. The van der Waals surface area contributed by atoms with Crippen LogP contribution in [0.15, 0.2) is 54.6 Å². The van der Waals surface area contributed by atoms with Gasteiger partial charge in [0.15, 0.2) is 0 Å². The molecule has 2 rings (SSSR count). The fraction of sp³-hybridized carbons (Fsp3) is 0.278. The number of carbonyl (C=O) groups is 1. The van der Waals surface area contributed by atoms with Crippen LogP contribution in [0.3, 0.4) is 0 Å². The molecule has 2 aromatic rings. The fourth-order valence-corrected chi connectivity index (χ4v) is 2.27. The number of benzene rings is 2. The van der Waals surface area contributed by atoms with Crippen LogP contribution in [0.2, 0.25) is 0 Å². The molecule has 3 nitrogen and oxygen atoms in total. The van der Waals surface area contributed by atoms with Gasteiger partial charge in [-0.15, -0.1) is 0 Å². The van der Waals surface area contributed by atoms with Gasteiger partial charge in [0.2, 0.25) is 5.91 Å². The summed E-state index contributed by atoms with van der Waals surface area (Å²) in [6, 6.07) is 15.2. The maximum Gasteiger partial charge on any atom is 0.224 e. The quantitative estimate of drug-likeness (QED) is 0.861. The summed E-state index contributed by atoms with van der Waals surface area (Å²) in [6.07, 6.45) is -0.0959. The van der Waals surface area contributed by atoms with Gasteiger partial charge in [-0.25, -0.2) is 4.39 Å². The van der Waals surface area contributed by atoms with E-state index in [9.17, 15) is 14.3 Å². The van der Waals surface area contributed by atoms with Crippen molar-refractivity contribution in [1.82, 2.24) is 5.32 Å². The lowest BCUT2D eigenvalue weighted by molar-refractivity contribution is -0.121. The summed E-state index contributed by atoms with van der Waals surface area (Å²) in [6.45, 7) is 1.76. The minimum atomic E-state index is -0.668. The molecule has 2 atom stereocenters. The van der Waals surface area contributed by atoms with Gasteiger partial charge in [0.25, 0.3) is 0 Å². The molecule has 0 aliphatic rings. The molecule has 2 aromatic carbocycles. The Bertz CT molecular complexity index is 615. The number of halogens is 1. The number of carbonyl (C=O) groups excluding carboxylic acids is 1. The van der Waals surface area contributed by atoms with E-state index >= 15 is 0 Å². The third-order valence-electron chi connectivity index (χ3n) is 3.51. The van der Waals surface area contributed by atoms with Crippen LogP contribution >= 0.6 is 0 Å². The predicted molar refractivity (Wildman–Crippen MR) is 83.9 cm³/mol. The molecule has 4 heteroatoms. The number of hydrogen-bond acceptors (Lipinski definition) is 2. The zero-order valence-corrected chi connectivity index (χ0v) is 12.5.